The van der Waals surface area contributed by atoms with Crippen LogP contribution in [0.5, 0.6) is 5.88 Å². The summed E-state index contributed by atoms with van der Waals surface area (Å²) < 4.78 is 7.04. The molecule has 0 bridgehead atoms. The first kappa shape index (κ1) is 20.4. The number of methoxy groups -OCH3 is 1. The molecule has 4 heterocycles. The molecule has 0 aromatic carbocycles. The third-order valence-corrected chi connectivity index (χ3v) is 6.00. The minimum absolute atomic E-state index is 0.263. The van der Waals surface area contributed by atoms with E-state index in [2.05, 4.69) is 21.0 Å². The Kier molecular flexibility index (Phi) is 5.09. The number of aromatic amines is 1. The maximum Gasteiger partial charge on any atom is 0.338 e. The third-order valence-electron chi connectivity index (χ3n) is 4.97. The number of hydrogen-bond acceptors (Lipinski definition) is 6. The summed E-state index contributed by atoms with van der Waals surface area (Å²) in [6.45, 7) is 5.70. The number of carboxylic acids is 1. The van der Waals surface area contributed by atoms with Crippen LogP contribution >= 0.6 is 11.3 Å². The van der Waals surface area contributed by atoms with Crippen molar-refractivity contribution in [3.63, 3.8) is 0 Å². The zero-order chi connectivity index (χ0) is 22.3. The van der Waals surface area contributed by atoms with Gasteiger partial charge < -0.3 is 19.4 Å². The molecule has 0 unspecified atom stereocenters. The van der Waals surface area contributed by atoms with Gasteiger partial charge in [0.1, 0.15) is 16.9 Å². The largest absolute Gasteiger partial charge is 0.481 e. The molecule has 0 aliphatic heterocycles. The van der Waals surface area contributed by atoms with Gasteiger partial charge in [-0.05, 0) is 44.5 Å². The van der Waals surface area contributed by atoms with Crippen LogP contribution in [0.3, 0.4) is 0 Å². The van der Waals surface area contributed by atoms with E-state index >= 15 is 0 Å². The van der Waals surface area contributed by atoms with Gasteiger partial charge in [0.05, 0.1) is 35.5 Å². The number of imidazole rings is 1. The second kappa shape index (κ2) is 7.74. The van der Waals surface area contributed by atoms with E-state index in [-0.39, 0.29) is 5.56 Å². The number of aromatic carboxylic acids is 1. The van der Waals surface area contributed by atoms with E-state index in [0.717, 1.165) is 21.8 Å². The molecule has 0 spiro atoms. The lowest BCUT2D eigenvalue weighted by Crippen LogP contribution is -2.04. The van der Waals surface area contributed by atoms with Gasteiger partial charge in [-0.15, -0.1) is 11.3 Å². The smallest absolute Gasteiger partial charge is 0.338 e. The highest BCUT2D eigenvalue weighted by atomic mass is 32.1. The van der Waals surface area contributed by atoms with Crippen LogP contribution < -0.4 is 4.74 Å². The fourth-order valence-corrected chi connectivity index (χ4v) is 4.62. The average molecular weight is 433 g/mol. The van der Waals surface area contributed by atoms with Gasteiger partial charge >= 0.3 is 5.97 Å². The molecule has 0 fully saturated rings. The zero-order valence-corrected chi connectivity index (χ0v) is 18.2. The van der Waals surface area contributed by atoms with Crippen LogP contribution in [-0.2, 0) is 0 Å². The molecule has 0 radical (unpaired) electrons. The third kappa shape index (κ3) is 3.58. The number of fused-ring (bicyclic) bond motifs is 1. The number of nitriles is 1. The number of carboxylic acid groups (broad SMARTS) is 1. The molecule has 0 aliphatic rings. The predicted molar refractivity (Wildman–Crippen MR) is 119 cm³/mol. The van der Waals surface area contributed by atoms with Gasteiger partial charge in [-0.1, -0.05) is 0 Å². The van der Waals surface area contributed by atoms with Gasteiger partial charge in [0.25, 0.3) is 0 Å². The van der Waals surface area contributed by atoms with Gasteiger partial charge in [-0.2, -0.15) is 5.26 Å². The molecule has 8 nitrogen and oxygen atoms in total. The maximum absolute atomic E-state index is 11.7. The van der Waals surface area contributed by atoms with Crippen molar-refractivity contribution in [2.24, 2.45) is 0 Å². The average Bonchev–Trinajstić information content (AvgIpc) is 3.40. The van der Waals surface area contributed by atoms with Gasteiger partial charge in [0, 0.05) is 22.3 Å². The number of aromatic nitrogens is 4. The number of nitrogens with one attached hydrogen (secondary N) is 1. The Morgan fingerprint density at radius 3 is 2.77 bits per heavy atom. The molecule has 31 heavy (non-hydrogen) atoms. The van der Waals surface area contributed by atoms with Crippen molar-refractivity contribution in [2.45, 2.75) is 20.8 Å². The van der Waals surface area contributed by atoms with Crippen LogP contribution in [0.25, 0.3) is 27.7 Å². The van der Waals surface area contributed by atoms with E-state index in [0.29, 0.717) is 33.3 Å². The maximum atomic E-state index is 11.7. The SMILES string of the molecule is COc1cc2nc(C(C#N)=Cc3cc(C)n(-c4sc(C)cc4C(=O)O)c3C)[nH]c2cn1. The lowest BCUT2D eigenvalue weighted by Gasteiger charge is -2.08. The number of pyridine rings is 1. The summed E-state index contributed by atoms with van der Waals surface area (Å²) in [7, 11) is 1.53. The summed E-state index contributed by atoms with van der Waals surface area (Å²) in [6, 6.07) is 7.50. The minimum atomic E-state index is -0.965. The molecular formula is C22H19N5O3S. The van der Waals surface area contributed by atoms with Gasteiger partial charge in [0.15, 0.2) is 0 Å². The Bertz CT molecular complexity index is 1400. The Hall–Kier alpha value is -3.90. The molecule has 9 heteroatoms. The normalized spacial score (nSPS) is 11.6. The van der Waals surface area contributed by atoms with Gasteiger partial charge in [-0.25, -0.2) is 14.8 Å². The van der Waals surface area contributed by atoms with Crippen LogP contribution in [0.15, 0.2) is 24.4 Å². The van der Waals surface area contributed by atoms with Crippen LogP contribution in [0.4, 0.5) is 0 Å². The quantitative estimate of drug-likeness (QED) is 0.447. The topological polar surface area (TPSA) is 117 Å². The molecule has 156 valence electrons. The first-order chi connectivity index (χ1) is 14.8. The predicted octanol–water partition coefficient (Wildman–Crippen LogP) is 4.51. The number of ether oxygens (including phenoxy) is 1. The molecule has 4 aromatic rings. The number of carbonyl (C=O) groups is 1. The van der Waals surface area contributed by atoms with Crippen molar-refractivity contribution < 1.29 is 14.6 Å². The lowest BCUT2D eigenvalue weighted by molar-refractivity contribution is 0.0697. The number of allylic oxidation sites excluding steroid dienone is 1. The van der Waals surface area contributed by atoms with E-state index in [1.165, 1.54) is 18.4 Å². The molecular weight excluding hydrogens is 414 g/mol. The van der Waals surface area contributed by atoms with E-state index in [9.17, 15) is 15.2 Å². The van der Waals surface area contributed by atoms with Crippen molar-refractivity contribution in [1.82, 2.24) is 19.5 Å². The molecule has 4 aromatic heterocycles. The molecule has 0 saturated heterocycles. The van der Waals surface area contributed by atoms with E-state index in [4.69, 9.17) is 4.74 Å². The second-order valence-corrected chi connectivity index (χ2v) is 8.28. The molecule has 0 amide bonds. The Morgan fingerprint density at radius 2 is 2.10 bits per heavy atom. The van der Waals surface area contributed by atoms with Crippen molar-refractivity contribution in [2.75, 3.05) is 7.11 Å². The number of H-pyrrole nitrogens is 1. The summed E-state index contributed by atoms with van der Waals surface area (Å²) in [4.78, 5) is 24.4. The van der Waals surface area contributed by atoms with Crippen LogP contribution in [0.2, 0.25) is 0 Å². The standard InChI is InChI=1S/C22H19N5O3S/c1-11-5-14(13(3)27(11)21-16(22(28)29)6-12(2)31-21)7-15(9-23)20-25-17-8-19(30-4)24-10-18(17)26-20/h5-8,10H,1-4H3,(H,25,26)(H,28,29). The fourth-order valence-electron chi connectivity index (χ4n) is 3.51. The molecule has 2 N–H and O–H groups in total. The molecule has 0 aliphatic carbocycles. The summed E-state index contributed by atoms with van der Waals surface area (Å²) in [6.07, 6.45) is 3.36. The van der Waals surface area contributed by atoms with Gasteiger partial charge in [-0.3, -0.25) is 0 Å². The Morgan fingerprint density at radius 1 is 1.32 bits per heavy atom. The Labute approximate surface area is 182 Å². The number of rotatable bonds is 5. The molecule has 4 rings (SSSR count). The van der Waals surface area contributed by atoms with Crippen LogP contribution in [0.1, 0.15) is 38.0 Å². The summed E-state index contributed by atoms with van der Waals surface area (Å²) in [5.74, 6) is -0.0967. The summed E-state index contributed by atoms with van der Waals surface area (Å²) in [5, 5.41) is 20.0. The van der Waals surface area contributed by atoms with Crippen LogP contribution in [0, 0.1) is 32.1 Å². The van der Waals surface area contributed by atoms with E-state index in [1.807, 2.05) is 31.4 Å². The minimum Gasteiger partial charge on any atom is -0.481 e. The first-order valence-electron chi connectivity index (χ1n) is 9.37. The van der Waals surface area contributed by atoms with Crippen molar-refractivity contribution in [3.05, 3.63) is 57.6 Å². The molecule has 0 saturated carbocycles. The highest BCUT2D eigenvalue weighted by Crippen LogP contribution is 2.32. The van der Waals surface area contributed by atoms with Crippen molar-refractivity contribution >= 4 is 40.0 Å². The Balaban J connectivity index is 1.81. The first-order valence-corrected chi connectivity index (χ1v) is 10.2. The lowest BCUT2D eigenvalue weighted by atomic mass is 10.1. The van der Waals surface area contributed by atoms with Crippen LogP contribution in [-0.4, -0.2) is 37.7 Å². The van der Waals surface area contributed by atoms with E-state index < -0.39 is 5.97 Å². The summed E-state index contributed by atoms with van der Waals surface area (Å²) in [5.41, 5.74) is 4.50. The van der Waals surface area contributed by atoms with Gasteiger partial charge in [0.2, 0.25) is 5.88 Å². The second-order valence-electron chi connectivity index (χ2n) is 7.04. The number of thiophene rings is 1. The highest BCUT2D eigenvalue weighted by molar-refractivity contribution is 7.14. The van der Waals surface area contributed by atoms with E-state index in [1.54, 1.807) is 24.4 Å². The monoisotopic (exact) mass is 433 g/mol. The molecule has 0 atom stereocenters. The highest BCUT2D eigenvalue weighted by Gasteiger charge is 2.20. The zero-order valence-electron chi connectivity index (χ0n) is 17.3. The van der Waals surface area contributed by atoms with Crippen molar-refractivity contribution in [1.29, 1.82) is 5.26 Å². The summed E-state index contributed by atoms with van der Waals surface area (Å²) >= 11 is 1.42. The number of aryl methyl sites for hydroxylation is 2. The fraction of sp³-hybridized carbons (Fsp3) is 0.182. The number of hydrogen-bond donors (Lipinski definition) is 2. The van der Waals surface area contributed by atoms with Crippen molar-refractivity contribution in [3.8, 4) is 17.0 Å². The number of nitrogens with zero attached hydrogens (tertiary/aromatic N) is 4.